The lowest BCUT2D eigenvalue weighted by Crippen LogP contribution is -2.36. The number of fused-ring (bicyclic) bond motifs is 1. The van der Waals surface area contributed by atoms with Crippen LogP contribution < -0.4 is 5.32 Å². The van der Waals surface area contributed by atoms with Crippen LogP contribution in [0, 0.1) is 29.4 Å². The van der Waals surface area contributed by atoms with E-state index in [0.717, 1.165) is 18.7 Å². The van der Waals surface area contributed by atoms with E-state index < -0.39 is 23.8 Å². The van der Waals surface area contributed by atoms with Crippen molar-refractivity contribution >= 4 is 11.9 Å². The average Bonchev–Trinajstić information content (AvgIpc) is 3.22. The number of nitrogens with one attached hydrogen (secondary N) is 1. The molecule has 174 valence electrons. The van der Waals surface area contributed by atoms with Crippen LogP contribution >= 0.6 is 0 Å². The molecule has 3 atom stereocenters. The molecule has 2 aliphatic heterocycles. The Balaban J connectivity index is 0.000000423. The Morgan fingerprint density at radius 2 is 1.87 bits per heavy atom. The van der Waals surface area contributed by atoms with Gasteiger partial charge in [-0.25, -0.2) is 13.6 Å². The molecule has 3 rings (SSSR count). The van der Waals surface area contributed by atoms with Gasteiger partial charge >= 0.3 is 12.1 Å². The quantitative estimate of drug-likeness (QED) is 0.672. The van der Waals surface area contributed by atoms with Crippen molar-refractivity contribution in [1.82, 2.24) is 10.2 Å². The second-order valence-electron chi connectivity index (χ2n) is 7.94. The van der Waals surface area contributed by atoms with Gasteiger partial charge in [0.05, 0.1) is 12.7 Å². The molecule has 2 saturated heterocycles. The van der Waals surface area contributed by atoms with E-state index in [1.807, 2.05) is 13.8 Å². The summed E-state index contributed by atoms with van der Waals surface area (Å²) in [6.45, 7) is 7.29. The van der Waals surface area contributed by atoms with E-state index in [2.05, 4.69) is 10.2 Å². The van der Waals surface area contributed by atoms with E-state index in [1.165, 1.54) is 12.1 Å². The van der Waals surface area contributed by atoms with Crippen LogP contribution in [0.25, 0.3) is 0 Å². The highest BCUT2D eigenvalue weighted by Gasteiger charge is 2.43. The van der Waals surface area contributed by atoms with Crippen LogP contribution in [0.1, 0.15) is 19.4 Å². The standard InChI is InChI=1S/C18H24F2N2O2.C2HF3O2/c1-11(2)18(23)21-6-13-10-24-17-9-22(8-14(13)17)7-12-3-4-15(19)16(20)5-12;3-2(4,5)1(6)7/h3-5,11,13-14,17H,6-10H2,1-2H3,(H,21,23);(H,6,7)/t13-,14-,17-;/m1./s1. The molecule has 0 aromatic heterocycles. The molecule has 1 aromatic carbocycles. The number of benzene rings is 1. The minimum Gasteiger partial charge on any atom is -0.475 e. The molecule has 0 bridgehead atoms. The maximum Gasteiger partial charge on any atom is 0.490 e. The van der Waals surface area contributed by atoms with E-state index in [1.54, 1.807) is 6.07 Å². The van der Waals surface area contributed by atoms with Crippen LogP contribution in [-0.2, 0) is 20.9 Å². The molecule has 2 fully saturated rings. The van der Waals surface area contributed by atoms with Gasteiger partial charge in [-0.15, -0.1) is 0 Å². The number of hydrogen-bond acceptors (Lipinski definition) is 4. The second kappa shape index (κ2) is 10.4. The van der Waals surface area contributed by atoms with Gasteiger partial charge in [-0.3, -0.25) is 9.69 Å². The summed E-state index contributed by atoms with van der Waals surface area (Å²) in [5, 5.41) is 10.1. The highest BCUT2D eigenvalue weighted by atomic mass is 19.4. The number of carbonyl (C=O) groups is 2. The monoisotopic (exact) mass is 452 g/mol. The fraction of sp³-hybridized carbons (Fsp3) is 0.600. The van der Waals surface area contributed by atoms with Gasteiger partial charge in [0.25, 0.3) is 0 Å². The van der Waals surface area contributed by atoms with Gasteiger partial charge in [-0.2, -0.15) is 13.2 Å². The lowest BCUT2D eigenvalue weighted by Gasteiger charge is -2.20. The van der Waals surface area contributed by atoms with E-state index in [4.69, 9.17) is 14.6 Å². The summed E-state index contributed by atoms with van der Waals surface area (Å²) >= 11 is 0. The fourth-order valence-electron chi connectivity index (χ4n) is 3.55. The van der Waals surface area contributed by atoms with E-state index in [-0.39, 0.29) is 17.9 Å². The fourth-order valence-corrected chi connectivity index (χ4v) is 3.55. The lowest BCUT2D eigenvalue weighted by molar-refractivity contribution is -0.192. The van der Waals surface area contributed by atoms with Crippen molar-refractivity contribution in [2.45, 2.75) is 32.7 Å². The van der Waals surface area contributed by atoms with E-state index >= 15 is 0 Å². The SMILES string of the molecule is CC(C)C(=O)NC[C@@H]1CO[C@@H]2CN(Cc3ccc(F)c(F)c3)C[C@H]12.O=C(O)C(F)(F)F. The molecule has 0 spiro atoms. The largest absolute Gasteiger partial charge is 0.490 e. The van der Waals surface area contributed by atoms with Gasteiger partial charge in [0.2, 0.25) is 5.91 Å². The Bertz CT molecular complexity index is 787. The van der Waals surface area contributed by atoms with E-state index in [9.17, 15) is 26.7 Å². The number of carboxylic acid groups (broad SMARTS) is 1. The number of hydrogen-bond donors (Lipinski definition) is 2. The lowest BCUT2D eigenvalue weighted by atomic mass is 9.93. The third-order valence-electron chi connectivity index (χ3n) is 5.21. The molecule has 2 heterocycles. The van der Waals surface area contributed by atoms with Crippen LogP contribution in [0.2, 0.25) is 0 Å². The molecule has 0 unspecified atom stereocenters. The summed E-state index contributed by atoms with van der Waals surface area (Å²) in [6, 6.07) is 4.04. The third-order valence-corrected chi connectivity index (χ3v) is 5.21. The van der Waals surface area contributed by atoms with Gasteiger partial charge in [0.15, 0.2) is 11.6 Å². The number of carboxylic acids is 1. The van der Waals surface area contributed by atoms with Crippen LogP contribution in [-0.4, -0.2) is 60.4 Å². The summed E-state index contributed by atoms with van der Waals surface area (Å²) in [4.78, 5) is 22.8. The highest BCUT2D eigenvalue weighted by Crippen LogP contribution is 2.34. The molecule has 0 aliphatic carbocycles. The number of likely N-dealkylation sites (tertiary alicyclic amines) is 1. The maximum absolute atomic E-state index is 13.3. The number of ether oxygens (including phenoxy) is 1. The minimum absolute atomic E-state index is 0.0171. The molecule has 0 saturated carbocycles. The molecular formula is C20H25F5N2O4. The Hall–Kier alpha value is -2.27. The Morgan fingerprint density at radius 3 is 2.42 bits per heavy atom. The molecule has 11 heteroatoms. The first-order chi connectivity index (χ1) is 14.4. The summed E-state index contributed by atoms with van der Waals surface area (Å²) in [5.74, 6) is -3.65. The van der Waals surface area contributed by atoms with Crippen molar-refractivity contribution < 1.29 is 41.4 Å². The molecule has 1 amide bonds. The molecule has 2 aliphatic rings. The number of halogens is 5. The minimum atomic E-state index is -5.08. The third kappa shape index (κ3) is 7.13. The van der Waals surface area contributed by atoms with Crippen LogP contribution in [0.3, 0.4) is 0 Å². The number of amides is 1. The zero-order chi connectivity index (χ0) is 23.3. The molecular weight excluding hydrogens is 427 g/mol. The zero-order valence-corrected chi connectivity index (χ0v) is 17.1. The number of nitrogens with zero attached hydrogens (tertiary/aromatic N) is 1. The first-order valence-corrected chi connectivity index (χ1v) is 9.74. The predicted molar refractivity (Wildman–Crippen MR) is 99.9 cm³/mol. The van der Waals surface area contributed by atoms with Crippen molar-refractivity contribution in [2.24, 2.45) is 17.8 Å². The summed E-state index contributed by atoms with van der Waals surface area (Å²) in [7, 11) is 0. The maximum atomic E-state index is 13.3. The first-order valence-electron chi connectivity index (χ1n) is 9.74. The van der Waals surface area contributed by atoms with Crippen molar-refractivity contribution in [3.63, 3.8) is 0 Å². The van der Waals surface area contributed by atoms with Gasteiger partial charge in [-0.05, 0) is 17.7 Å². The van der Waals surface area contributed by atoms with Crippen LogP contribution in [0.4, 0.5) is 22.0 Å². The van der Waals surface area contributed by atoms with Gasteiger partial charge in [-0.1, -0.05) is 19.9 Å². The Labute approximate surface area is 176 Å². The van der Waals surface area contributed by atoms with Crippen LogP contribution in [0.5, 0.6) is 0 Å². The Kier molecular flexibility index (Phi) is 8.35. The second-order valence-corrected chi connectivity index (χ2v) is 7.94. The van der Waals surface area contributed by atoms with Crippen molar-refractivity contribution in [2.75, 3.05) is 26.2 Å². The summed E-state index contributed by atoms with van der Waals surface area (Å²) < 4.78 is 63.9. The number of rotatable bonds is 5. The molecule has 6 nitrogen and oxygen atoms in total. The average molecular weight is 452 g/mol. The molecule has 0 radical (unpaired) electrons. The van der Waals surface area contributed by atoms with Gasteiger partial charge < -0.3 is 15.2 Å². The number of carbonyl (C=O) groups excluding carboxylic acids is 1. The summed E-state index contributed by atoms with van der Waals surface area (Å²) in [6.07, 6.45) is -4.92. The zero-order valence-electron chi connectivity index (χ0n) is 17.1. The van der Waals surface area contributed by atoms with Crippen molar-refractivity contribution in [3.05, 3.63) is 35.4 Å². The number of alkyl halides is 3. The highest BCUT2D eigenvalue weighted by molar-refractivity contribution is 5.77. The topological polar surface area (TPSA) is 78.9 Å². The smallest absolute Gasteiger partial charge is 0.475 e. The van der Waals surface area contributed by atoms with Gasteiger partial charge in [0, 0.05) is 43.9 Å². The molecule has 2 N–H and O–H groups in total. The summed E-state index contributed by atoms with van der Waals surface area (Å²) in [5.41, 5.74) is 0.763. The van der Waals surface area contributed by atoms with Crippen molar-refractivity contribution in [1.29, 1.82) is 0 Å². The number of aliphatic carboxylic acids is 1. The Morgan fingerprint density at radius 1 is 1.23 bits per heavy atom. The predicted octanol–water partition coefficient (Wildman–Crippen LogP) is 2.82. The van der Waals surface area contributed by atoms with E-state index in [0.29, 0.717) is 31.5 Å². The molecule has 1 aromatic rings. The van der Waals surface area contributed by atoms with Crippen molar-refractivity contribution in [3.8, 4) is 0 Å². The normalized spacial score (nSPS) is 23.3. The first kappa shape index (κ1) is 25.0. The van der Waals surface area contributed by atoms with Gasteiger partial charge in [0.1, 0.15) is 0 Å². The van der Waals surface area contributed by atoms with Crippen LogP contribution in [0.15, 0.2) is 18.2 Å². The molecule has 31 heavy (non-hydrogen) atoms.